The molecule has 3 aromatic rings. The van der Waals surface area contributed by atoms with Gasteiger partial charge in [0.15, 0.2) is 0 Å². The molecule has 6 nitrogen and oxygen atoms in total. The van der Waals surface area contributed by atoms with Crippen LogP contribution in [0.5, 0.6) is 0 Å². The molecule has 1 unspecified atom stereocenters. The van der Waals surface area contributed by atoms with E-state index < -0.39 is 10.8 Å². The highest BCUT2D eigenvalue weighted by molar-refractivity contribution is 7.85. The van der Waals surface area contributed by atoms with Gasteiger partial charge in [0.1, 0.15) is 0 Å². The van der Waals surface area contributed by atoms with E-state index in [0.717, 1.165) is 5.56 Å². The second-order valence-electron chi connectivity index (χ2n) is 8.02. The SMILES string of the molecule is CN(C)CCNC(=O)c1ccc2c(c1)N(Cc1ccc(Cl)cc1)C(=O)c1ccccc1S2=O. The number of anilines is 1. The van der Waals surface area contributed by atoms with Crippen molar-refractivity contribution in [1.29, 1.82) is 0 Å². The molecular formula is C25H24ClN3O3S. The minimum atomic E-state index is -1.57. The monoisotopic (exact) mass is 481 g/mol. The Morgan fingerprint density at radius 1 is 1.03 bits per heavy atom. The number of likely N-dealkylation sites (N-methyl/N-ethyl adjacent to an activating group) is 1. The molecule has 1 aliphatic rings. The van der Waals surface area contributed by atoms with Crippen molar-refractivity contribution in [2.45, 2.75) is 16.3 Å². The standard InChI is InChI=1S/C25H24ClN3O3S/c1-28(2)14-13-27-24(30)18-9-12-23-21(15-18)29(16-17-7-10-19(26)11-8-17)25(31)20-5-3-4-6-22(20)33(23)32/h3-12,15H,13-14,16H2,1-2H3,(H,27,30). The topological polar surface area (TPSA) is 69.7 Å². The summed E-state index contributed by atoms with van der Waals surface area (Å²) >= 11 is 6.02. The summed E-state index contributed by atoms with van der Waals surface area (Å²) in [6.45, 7) is 1.45. The Balaban J connectivity index is 1.77. The lowest BCUT2D eigenvalue weighted by Crippen LogP contribution is -2.32. The van der Waals surface area contributed by atoms with Gasteiger partial charge in [0.25, 0.3) is 11.8 Å². The molecule has 0 radical (unpaired) electrons. The zero-order valence-electron chi connectivity index (χ0n) is 18.4. The number of rotatable bonds is 6. The average molecular weight is 482 g/mol. The van der Waals surface area contributed by atoms with Gasteiger partial charge in [-0.05, 0) is 62.1 Å². The lowest BCUT2D eigenvalue weighted by atomic mass is 10.1. The highest BCUT2D eigenvalue weighted by atomic mass is 35.5. The first-order valence-corrected chi connectivity index (χ1v) is 12.0. The van der Waals surface area contributed by atoms with Gasteiger partial charge in [-0.1, -0.05) is 35.9 Å². The highest BCUT2D eigenvalue weighted by Crippen LogP contribution is 2.36. The molecule has 170 valence electrons. The second kappa shape index (κ2) is 9.87. The summed E-state index contributed by atoms with van der Waals surface area (Å²) in [5, 5.41) is 3.49. The lowest BCUT2D eigenvalue weighted by molar-refractivity contribution is 0.0947. The van der Waals surface area contributed by atoms with E-state index in [1.54, 1.807) is 59.5 Å². The molecular weight excluding hydrogens is 458 g/mol. The molecule has 0 saturated heterocycles. The van der Waals surface area contributed by atoms with Crippen molar-refractivity contribution in [3.8, 4) is 0 Å². The Morgan fingerprint density at radius 2 is 1.76 bits per heavy atom. The van der Waals surface area contributed by atoms with Crippen LogP contribution in [0.25, 0.3) is 0 Å². The number of nitrogens with zero attached hydrogens (tertiary/aromatic N) is 2. The van der Waals surface area contributed by atoms with Crippen LogP contribution in [-0.4, -0.2) is 48.1 Å². The summed E-state index contributed by atoms with van der Waals surface area (Å²) in [7, 11) is 2.30. The van der Waals surface area contributed by atoms with E-state index >= 15 is 0 Å². The van der Waals surface area contributed by atoms with Crippen molar-refractivity contribution in [3.63, 3.8) is 0 Å². The van der Waals surface area contributed by atoms with E-state index in [2.05, 4.69) is 5.32 Å². The highest BCUT2D eigenvalue weighted by Gasteiger charge is 2.31. The summed E-state index contributed by atoms with van der Waals surface area (Å²) in [5.41, 5.74) is 2.12. The first-order chi connectivity index (χ1) is 15.8. The van der Waals surface area contributed by atoms with E-state index in [4.69, 9.17) is 11.6 Å². The summed E-state index contributed by atoms with van der Waals surface area (Å²) in [4.78, 5) is 30.9. The van der Waals surface area contributed by atoms with Gasteiger partial charge in [0, 0.05) is 23.7 Å². The molecule has 0 aromatic heterocycles. The van der Waals surface area contributed by atoms with Crippen LogP contribution in [0.3, 0.4) is 0 Å². The Bertz CT molecular complexity index is 1230. The smallest absolute Gasteiger partial charge is 0.259 e. The number of hydrogen-bond acceptors (Lipinski definition) is 4. The van der Waals surface area contributed by atoms with Crippen LogP contribution >= 0.6 is 11.6 Å². The first-order valence-electron chi connectivity index (χ1n) is 10.5. The van der Waals surface area contributed by atoms with Gasteiger partial charge in [-0.3, -0.25) is 9.59 Å². The molecule has 0 aliphatic carbocycles. The molecule has 1 aliphatic heterocycles. The third-order valence-electron chi connectivity index (χ3n) is 5.37. The largest absolute Gasteiger partial charge is 0.351 e. The van der Waals surface area contributed by atoms with Crippen molar-refractivity contribution in [2.75, 3.05) is 32.1 Å². The minimum Gasteiger partial charge on any atom is -0.351 e. The number of amides is 2. The zero-order valence-corrected chi connectivity index (χ0v) is 19.9. The fourth-order valence-corrected chi connectivity index (χ4v) is 5.10. The molecule has 0 fully saturated rings. The van der Waals surface area contributed by atoms with E-state index in [-0.39, 0.29) is 18.4 Å². The number of hydrogen-bond donors (Lipinski definition) is 1. The summed E-state index contributed by atoms with van der Waals surface area (Å²) in [5.74, 6) is -0.510. The van der Waals surface area contributed by atoms with Crippen LogP contribution in [0.15, 0.2) is 76.5 Å². The van der Waals surface area contributed by atoms with Gasteiger partial charge in [-0.25, -0.2) is 4.21 Å². The van der Waals surface area contributed by atoms with Crippen molar-refractivity contribution in [3.05, 3.63) is 88.4 Å². The fourth-order valence-electron chi connectivity index (χ4n) is 3.63. The normalized spacial score (nSPS) is 15.1. The van der Waals surface area contributed by atoms with E-state index in [0.29, 0.717) is 44.7 Å². The van der Waals surface area contributed by atoms with Crippen LogP contribution in [0.4, 0.5) is 5.69 Å². The average Bonchev–Trinajstić information content (AvgIpc) is 2.89. The maximum Gasteiger partial charge on any atom is 0.259 e. The Labute approximate surface area is 200 Å². The molecule has 8 heteroatoms. The van der Waals surface area contributed by atoms with Gasteiger partial charge in [-0.2, -0.15) is 0 Å². The molecule has 0 saturated carbocycles. The van der Waals surface area contributed by atoms with Gasteiger partial charge < -0.3 is 15.1 Å². The zero-order chi connectivity index (χ0) is 23.5. The number of carbonyl (C=O) groups excluding carboxylic acids is 2. The van der Waals surface area contributed by atoms with E-state index in [9.17, 15) is 13.8 Å². The lowest BCUT2D eigenvalue weighted by Gasteiger charge is -2.23. The number of fused-ring (bicyclic) bond motifs is 2. The van der Waals surface area contributed by atoms with Crippen LogP contribution < -0.4 is 10.2 Å². The Kier molecular flexibility index (Phi) is 6.93. The molecule has 33 heavy (non-hydrogen) atoms. The third kappa shape index (κ3) is 5.00. The number of carbonyl (C=O) groups is 2. The van der Waals surface area contributed by atoms with Gasteiger partial charge >= 0.3 is 0 Å². The van der Waals surface area contributed by atoms with Crippen LogP contribution in [0.2, 0.25) is 5.02 Å². The number of halogens is 1. The number of benzene rings is 3. The molecule has 4 rings (SSSR count). The molecule has 1 N–H and O–H groups in total. The van der Waals surface area contributed by atoms with E-state index in [1.807, 2.05) is 31.1 Å². The second-order valence-corrected chi connectivity index (χ2v) is 9.88. The van der Waals surface area contributed by atoms with Gasteiger partial charge in [0.05, 0.1) is 38.4 Å². The summed E-state index contributed by atoms with van der Waals surface area (Å²) in [6.07, 6.45) is 0. The minimum absolute atomic E-state index is 0.244. The molecule has 1 heterocycles. The molecule has 1 atom stereocenters. The number of nitrogens with one attached hydrogen (secondary N) is 1. The summed E-state index contributed by atoms with van der Waals surface area (Å²) in [6, 6.07) is 19.1. The van der Waals surface area contributed by atoms with Crippen molar-refractivity contribution < 1.29 is 13.8 Å². The summed E-state index contributed by atoms with van der Waals surface area (Å²) < 4.78 is 13.5. The van der Waals surface area contributed by atoms with Gasteiger partial charge in [-0.15, -0.1) is 0 Å². The Morgan fingerprint density at radius 3 is 2.48 bits per heavy atom. The molecule has 0 spiro atoms. The maximum absolute atomic E-state index is 13.6. The van der Waals surface area contributed by atoms with Gasteiger partial charge in [0.2, 0.25) is 0 Å². The van der Waals surface area contributed by atoms with Crippen molar-refractivity contribution >= 4 is 39.9 Å². The van der Waals surface area contributed by atoms with Crippen LogP contribution in [0.1, 0.15) is 26.3 Å². The molecule has 0 bridgehead atoms. The third-order valence-corrected chi connectivity index (χ3v) is 7.12. The van der Waals surface area contributed by atoms with Crippen molar-refractivity contribution in [2.24, 2.45) is 0 Å². The van der Waals surface area contributed by atoms with E-state index in [1.165, 1.54) is 0 Å². The maximum atomic E-state index is 13.6. The van der Waals surface area contributed by atoms with Crippen LogP contribution in [0, 0.1) is 0 Å². The predicted octanol–water partition coefficient (Wildman–Crippen LogP) is 3.96. The molecule has 3 aromatic carbocycles. The van der Waals surface area contributed by atoms with Crippen LogP contribution in [-0.2, 0) is 17.3 Å². The van der Waals surface area contributed by atoms with Crippen molar-refractivity contribution in [1.82, 2.24) is 10.2 Å². The molecule has 2 amide bonds. The Hall–Kier alpha value is -3.00. The quantitative estimate of drug-likeness (QED) is 0.578. The predicted molar refractivity (Wildman–Crippen MR) is 130 cm³/mol. The fraction of sp³-hybridized carbons (Fsp3) is 0.200. The first kappa shape index (κ1) is 23.2.